The zero-order valence-corrected chi connectivity index (χ0v) is 20.9. The number of pyridine rings is 1. The minimum absolute atomic E-state index is 0.0432. The second kappa shape index (κ2) is 10.7. The number of ether oxygens (including phenoxy) is 1. The van der Waals surface area contributed by atoms with Crippen LogP contribution in [-0.4, -0.2) is 47.1 Å². The van der Waals surface area contributed by atoms with E-state index in [4.69, 9.17) is 21.3 Å². The molecular formula is C28H29ClN4O3. The fourth-order valence-electron chi connectivity index (χ4n) is 4.66. The Bertz CT molecular complexity index is 1380. The van der Waals surface area contributed by atoms with Gasteiger partial charge in [-0.1, -0.05) is 23.7 Å². The minimum atomic E-state index is -0.153. The standard InChI is InChI=1S/C28H29ClN4O3/c1-36-26-11-22(17-34)23(13-24(26)29)25-16-33-10-8-21(12-27(33)32-25)19-4-6-20(7-5-19)28(35)31-15-18-3-2-9-30-14-18/h4-8,10-13,16,18,30,34H,2-3,9,14-15,17H2,1H3,(H,31,35). The number of nitrogens with one attached hydrogen (secondary N) is 2. The molecule has 186 valence electrons. The molecular weight excluding hydrogens is 476 g/mol. The van der Waals surface area contributed by atoms with Crippen LogP contribution in [0.2, 0.25) is 5.02 Å². The molecule has 1 unspecified atom stereocenters. The number of nitrogens with zero attached hydrogens (tertiary/aromatic N) is 2. The van der Waals surface area contributed by atoms with E-state index in [9.17, 15) is 9.90 Å². The normalized spacial score (nSPS) is 15.7. The topological polar surface area (TPSA) is 87.9 Å². The molecule has 2 aromatic heterocycles. The van der Waals surface area contributed by atoms with Crippen LogP contribution in [0.25, 0.3) is 28.0 Å². The Balaban J connectivity index is 1.34. The van der Waals surface area contributed by atoms with Crippen LogP contribution in [-0.2, 0) is 6.61 Å². The number of benzene rings is 2. The maximum Gasteiger partial charge on any atom is 0.251 e. The van der Waals surface area contributed by atoms with Crippen LogP contribution in [0.3, 0.4) is 0 Å². The SMILES string of the molecule is COc1cc(CO)c(-c2cn3ccc(-c4ccc(C(=O)NCC5CCCNC5)cc4)cc3n2)cc1Cl. The molecule has 1 aliphatic rings. The molecule has 1 atom stereocenters. The number of halogens is 1. The number of piperidine rings is 1. The summed E-state index contributed by atoms with van der Waals surface area (Å²) in [6, 6.07) is 15.1. The van der Waals surface area contributed by atoms with Crippen molar-refractivity contribution in [1.29, 1.82) is 0 Å². The number of carbonyl (C=O) groups is 1. The maximum atomic E-state index is 12.6. The van der Waals surface area contributed by atoms with Crippen molar-refractivity contribution >= 4 is 23.2 Å². The molecule has 0 radical (unpaired) electrons. The first-order valence-electron chi connectivity index (χ1n) is 12.1. The number of aliphatic hydroxyl groups is 1. The summed E-state index contributed by atoms with van der Waals surface area (Å²) >= 11 is 6.33. The number of rotatable bonds is 7. The Labute approximate surface area is 215 Å². The molecule has 0 bridgehead atoms. The van der Waals surface area contributed by atoms with E-state index < -0.39 is 0 Å². The Morgan fingerprint density at radius 1 is 1.22 bits per heavy atom. The fraction of sp³-hybridized carbons (Fsp3) is 0.286. The first kappa shape index (κ1) is 24.3. The summed E-state index contributed by atoms with van der Waals surface area (Å²) in [5.41, 5.74) is 5.57. The average Bonchev–Trinajstić information content (AvgIpc) is 3.35. The number of imidazole rings is 1. The van der Waals surface area contributed by atoms with Crippen LogP contribution in [0.4, 0.5) is 0 Å². The van der Waals surface area contributed by atoms with E-state index in [0.29, 0.717) is 40.1 Å². The van der Waals surface area contributed by atoms with E-state index in [-0.39, 0.29) is 12.5 Å². The third-order valence-corrected chi connectivity index (χ3v) is 7.01. The molecule has 0 aliphatic carbocycles. The summed E-state index contributed by atoms with van der Waals surface area (Å²) in [5, 5.41) is 16.8. The molecule has 3 heterocycles. The van der Waals surface area contributed by atoms with Crippen molar-refractivity contribution in [3.8, 4) is 28.1 Å². The summed E-state index contributed by atoms with van der Waals surface area (Å²) < 4.78 is 7.20. The third-order valence-electron chi connectivity index (χ3n) is 6.71. The van der Waals surface area contributed by atoms with Crippen LogP contribution in [0.1, 0.15) is 28.8 Å². The Morgan fingerprint density at radius 2 is 2.06 bits per heavy atom. The number of hydrogen-bond acceptors (Lipinski definition) is 5. The summed E-state index contributed by atoms with van der Waals surface area (Å²) in [4.78, 5) is 17.4. The van der Waals surface area contributed by atoms with Gasteiger partial charge in [0.05, 0.1) is 24.4 Å². The van der Waals surface area contributed by atoms with Gasteiger partial charge in [0.1, 0.15) is 11.4 Å². The molecule has 1 amide bonds. The molecule has 8 heteroatoms. The lowest BCUT2D eigenvalue weighted by molar-refractivity contribution is 0.0945. The average molecular weight is 505 g/mol. The van der Waals surface area contributed by atoms with Gasteiger partial charge in [0.15, 0.2) is 0 Å². The first-order valence-corrected chi connectivity index (χ1v) is 12.5. The number of aromatic nitrogens is 2. The van der Waals surface area contributed by atoms with Crippen molar-refractivity contribution in [2.75, 3.05) is 26.7 Å². The molecule has 7 nitrogen and oxygen atoms in total. The van der Waals surface area contributed by atoms with Gasteiger partial charge in [-0.2, -0.15) is 0 Å². The lowest BCUT2D eigenvalue weighted by Gasteiger charge is -2.22. The minimum Gasteiger partial charge on any atom is -0.495 e. The number of carbonyl (C=O) groups excluding carboxylic acids is 1. The highest BCUT2D eigenvalue weighted by atomic mass is 35.5. The molecule has 36 heavy (non-hydrogen) atoms. The molecule has 1 saturated heterocycles. The molecule has 1 fully saturated rings. The van der Waals surface area contributed by atoms with E-state index in [1.54, 1.807) is 19.2 Å². The molecule has 1 aliphatic heterocycles. The summed E-state index contributed by atoms with van der Waals surface area (Å²) in [6.45, 7) is 2.57. The number of methoxy groups -OCH3 is 1. The van der Waals surface area contributed by atoms with E-state index in [2.05, 4.69) is 10.6 Å². The molecule has 5 rings (SSSR count). The zero-order chi connectivity index (χ0) is 25.1. The lowest BCUT2D eigenvalue weighted by Crippen LogP contribution is -2.38. The van der Waals surface area contributed by atoms with Gasteiger partial charge in [-0.15, -0.1) is 0 Å². The Morgan fingerprint density at radius 3 is 2.78 bits per heavy atom. The van der Waals surface area contributed by atoms with Gasteiger partial charge < -0.3 is 24.9 Å². The number of aliphatic hydroxyl groups excluding tert-OH is 1. The smallest absolute Gasteiger partial charge is 0.251 e. The van der Waals surface area contributed by atoms with E-state index in [0.717, 1.165) is 48.3 Å². The predicted molar refractivity (Wildman–Crippen MR) is 141 cm³/mol. The number of fused-ring (bicyclic) bond motifs is 1. The Hall–Kier alpha value is -3.39. The van der Waals surface area contributed by atoms with Gasteiger partial charge in [0, 0.05) is 30.1 Å². The van der Waals surface area contributed by atoms with Gasteiger partial charge in [0.25, 0.3) is 5.91 Å². The Kier molecular flexibility index (Phi) is 7.23. The van der Waals surface area contributed by atoms with Crippen molar-refractivity contribution in [3.63, 3.8) is 0 Å². The molecule has 2 aromatic carbocycles. The monoisotopic (exact) mass is 504 g/mol. The van der Waals surface area contributed by atoms with Crippen LogP contribution >= 0.6 is 11.6 Å². The quantitative estimate of drug-likeness (QED) is 0.343. The highest BCUT2D eigenvalue weighted by Crippen LogP contribution is 2.34. The second-order valence-corrected chi connectivity index (χ2v) is 9.52. The van der Waals surface area contributed by atoms with Crippen molar-refractivity contribution < 1.29 is 14.6 Å². The lowest BCUT2D eigenvalue weighted by atomic mass is 9.99. The fourth-order valence-corrected chi connectivity index (χ4v) is 4.90. The van der Waals surface area contributed by atoms with Crippen molar-refractivity contribution in [2.45, 2.75) is 19.4 Å². The van der Waals surface area contributed by atoms with Gasteiger partial charge in [0.2, 0.25) is 0 Å². The molecule has 0 spiro atoms. The molecule has 3 N–H and O–H groups in total. The van der Waals surface area contributed by atoms with Crippen molar-refractivity contribution in [3.05, 3.63) is 77.1 Å². The van der Waals surface area contributed by atoms with E-state index in [1.165, 1.54) is 0 Å². The summed E-state index contributed by atoms with van der Waals surface area (Å²) in [5.74, 6) is 0.965. The van der Waals surface area contributed by atoms with Crippen molar-refractivity contribution in [2.24, 2.45) is 5.92 Å². The first-order chi connectivity index (χ1) is 17.6. The zero-order valence-electron chi connectivity index (χ0n) is 20.1. The van der Waals surface area contributed by atoms with Crippen LogP contribution in [0, 0.1) is 5.92 Å². The van der Waals surface area contributed by atoms with Crippen LogP contribution in [0.5, 0.6) is 5.75 Å². The largest absolute Gasteiger partial charge is 0.495 e. The van der Waals surface area contributed by atoms with E-state index in [1.807, 2.05) is 53.2 Å². The summed E-state index contributed by atoms with van der Waals surface area (Å²) in [6.07, 6.45) is 6.17. The summed E-state index contributed by atoms with van der Waals surface area (Å²) in [7, 11) is 1.54. The number of amides is 1. The van der Waals surface area contributed by atoms with E-state index >= 15 is 0 Å². The van der Waals surface area contributed by atoms with Gasteiger partial charge in [-0.05, 0) is 84.9 Å². The molecule has 4 aromatic rings. The highest BCUT2D eigenvalue weighted by Gasteiger charge is 2.16. The maximum absolute atomic E-state index is 12.6. The van der Waals surface area contributed by atoms with Gasteiger partial charge >= 0.3 is 0 Å². The molecule has 0 saturated carbocycles. The van der Waals surface area contributed by atoms with Gasteiger partial charge in [-0.3, -0.25) is 4.79 Å². The predicted octanol–water partition coefficient (Wildman–Crippen LogP) is 4.55. The second-order valence-electron chi connectivity index (χ2n) is 9.11. The van der Waals surface area contributed by atoms with Crippen LogP contribution in [0.15, 0.2) is 60.9 Å². The third kappa shape index (κ3) is 5.09. The highest BCUT2D eigenvalue weighted by molar-refractivity contribution is 6.32. The van der Waals surface area contributed by atoms with Crippen LogP contribution < -0.4 is 15.4 Å². The van der Waals surface area contributed by atoms with Crippen molar-refractivity contribution in [1.82, 2.24) is 20.0 Å². The number of hydrogen-bond donors (Lipinski definition) is 3. The van der Waals surface area contributed by atoms with Gasteiger partial charge in [-0.25, -0.2) is 4.98 Å².